The topological polar surface area (TPSA) is 3.24 Å². The fourth-order valence-electron chi connectivity index (χ4n) is 1.57. The molecule has 0 spiro atoms. The Labute approximate surface area is 95.9 Å². The molecule has 0 rings (SSSR count). The summed E-state index contributed by atoms with van der Waals surface area (Å²) in [7, 11) is 2.09. The highest BCUT2D eigenvalue weighted by molar-refractivity contribution is 5.16. The number of rotatable bonds is 6. The van der Waals surface area contributed by atoms with E-state index in [0.717, 1.165) is 6.54 Å². The highest BCUT2D eigenvalue weighted by atomic mass is 15.1. The molecule has 15 heavy (non-hydrogen) atoms. The molecule has 0 fully saturated rings. The molecule has 0 aromatic rings. The van der Waals surface area contributed by atoms with Crippen LogP contribution in [0.5, 0.6) is 0 Å². The number of hydrogen-bond donors (Lipinski definition) is 0. The summed E-state index contributed by atoms with van der Waals surface area (Å²) in [4.78, 5) is 2.20. The van der Waals surface area contributed by atoms with Crippen LogP contribution >= 0.6 is 0 Å². The van der Waals surface area contributed by atoms with Crippen LogP contribution in [0.15, 0.2) is 24.4 Å². The van der Waals surface area contributed by atoms with Gasteiger partial charge >= 0.3 is 0 Å². The van der Waals surface area contributed by atoms with Gasteiger partial charge < -0.3 is 4.90 Å². The van der Waals surface area contributed by atoms with Gasteiger partial charge in [-0.25, -0.2) is 0 Å². The predicted octanol–water partition coefficient (Wildman–Crippen LogP) is 3.94. The molecule has 1 nitrogen and oxygen atoms in total. The highest BCUT2D eigenvalue weighted by Gasteiger charge is 2.19. The summed E-state index contributed by atoms with van der Waals surface area (Å²) in [6.07, 6.45) is 0. The standard InChI is InChI=1S/C14H27N/c1-9-15(8)14(7)13(6)12(5)11(4)10(2)3/h10-11,13H,5,7,9H2,1-4,6,8H3. The quantitative estimate of drug-likeness (QED) is 0.599. The van der Waals surface area contributed by atoms with Gasteiger partial charge in [-0.2, -0.15) is 0 Å². The van der Waals surface area contributed by atoms with E-state index < -0.39 is 0 Å². The Morgan fingerprint density at radius 3 is 1.93 bits per heavy atom. The zero-order valence-electron chi connectivity index (χ0n) is 11.3. The lowest BCUT2D eigenvalue weighted by molar-refractivity contribution is 0.375. The summed E-state index contributed by atoms with van der Waals surface area (Å²) in [5.74, 6) is 1.59. The van der Waals surface area contributed by atoms with Gasteiger partial charge in [0.05, 0.1) is 0 Å². The first-order valence-corrected chi connectivity index (χ1v) is 5.91. The summed E-state index contributed by atoms with van der Waals surface area (Å²) in [5, 5.41) is 0. The van der Waals surface area contributed by atoms with Gasteiger partial charge in [0, 0.05) is 25.2 Å². The average molecular weight is 209 g/mol. The third-order valence-corrected chi connectivity index (χ3v) is 3.61. The van der Waals surface area contributed by atoms with E-state index in [9.17, 15) is 0 Å². The highest BCUT2D eigenvalue weighted by Crippen LogP contribution is 2.29. The summed E-state index contributed by atoms with van der Waals surface area (Å²) < 4.78 is 0. The normalized spacial score (nSPS) is 14.9. The van der Waals surface area contributed by atoms with E-state index in [1.807, 2.05) is 0 Å². The summed E-state index contributed by atoms with van der Waals surface area (Å²) in [6.45, 7) is 20.5. The molecule has 0 aliphatic heterocycles. The Kier molecular flexibility index (Phi) is 5.71. The van der Waals surface area contributed by atoms with Crippen LogP contribution in [-0.4, -0.2) is 18.5 Å². The third-order valence-electron chi connectivity index (χ3n) is 3.61. The SMILES string of the molecule is C=C(C(C)C(=C)N(C)CC)C(C)C(C)C. The van der Waals surface area contributed by atoms with Gasteiger partial charge in [-0.05, 0) is 18.8 Å². The van der Waals surface area contributed by atoms with Gasteiger partial charge in [-0.1, -0.05) is 46.4 Å². The van der Waals surface area contributed by atoms with E-state index in [1.54, 1.807) is 0 Å². The van der Waals surface area contributed by atoms with Crippen LogP contribution < -0.4 is 0 Å². The molecule has 2 unspecified atom stereocenters. The lowest BCUT2D eigenvalue weighted by Crippen LogP contribution is -2.24. The van der Waals surface area contributed by atoms with Crippen molar-refractivity contribution in [2.75, 3.05) is 13.6 Å². The molecule has 0 aromatic carbocycles. The second kappa shape index (κ2) is 5.99. The molecule has 1 heteroatoms. The molecular formula is C14H27N. The molecule has 0 heterocycles. The van der Waals surface area contributed by atoms with Crippen molar-refractivity contribution in [3.8, 4) is 0 Å². The van der Waals surface area contributed by atoms with Crippen molar-refractivity contribution < 1.29 is 0 Å². The van der Waals surface area contributed by atoms with Gasteiger partial charge in [-0.15, -0.1) is 0 Å². The van der Waals surface area contributed by atoms with Gasteiger partial charge in [0.15, 0.2) is 0 Å². The molecule has 2 atom stereocenters. The maximum Gasteiger partial charge on any atom is 0.0164 e. The molecule has 0 aliphatic carbocycles. The van der Waals surface area contributed by atoms with Crippen LogP contribution in [0.1, 0.15) is 34.6 Å². The molecule has 0 saturated carbocycles. The zero-order chi connectivity index (χ0) is 12.2. The molecule has 0 bridgehead atoms. The summed E-state index contributed by atoms with van der Waals surface area (Å²) >= 11 is 0. The minimum Gasteiger partial charge on any atom is -0.378 e. The average Bonchev–Trinajstić information content (AvgIpc) is 2.23. The van der Waals surface area contributed by atoms with Crippen LogP contribution in [-0.2, 0) is 0 Å². The summed E-state index contributed by atoms with van der Waals surface area (Å²) in [5.41, 5.74) is 2.48. The van der Waals surface area contributed by atoms with Crippen molar-refractivity contribution >= 4 is 0 Å². The lowest BCUT2D eigenvalue weighted by atomic mass is 9.83. The Bertz CT molecular complexity index is 227. The Hall–Kier alpha value is -0.720. The van der Waals surface area contributed by atoms with E-state index in [0.29, 0.717) is 17.8 Å². The number of hydrogen-bond acceptors (Lipinski definition) is 1. The molecule has 88 valence electrons. The van der Waals surface area contributed by atoms with E-state index in [-0.39, 0.29) is 0 Å². The maximum atomic E-state index is 4.23. The molecule has 0 amide bonds. The lowest BCUT2D eigenvalue weighted by Gasteiger charge is -2.30. The van der Waals surface area contributed by atoms with Gasteiger partial charge in [0.25, 0.3) is 0 Å². The Balaban J connectivity index is 4.51. The minimum absolute atomic E-state index is 0.382. The van der Waals surface area contributed by atoms with Crippen LogP contribution in [0, 0.1) is 17.8 Å². The molecule has 0 saturated heterocycles. The first kappa shape index (κ1) is 14.3. The fraction of sp³-hybridized carbons (Fsp3) is 0.714. The van der Waals surface area contributed by atoms with Crippen LogP contribution in [0.25, 0.3) is 0 Å². The van der Waals surface area contributed by atoms with E-state index in [1.165, 1.54) is 11.3 Å². The van der Waals surface area contributed by atoms with Crippen LogP contribution in [0.4, 0.5) is 0 Å². The van der Waals surface area contributed by atoms with Crippen molar-refractivity contribution in [2.45, 2.75) is 34.6 Å². The monoisotopic (exact) mass is 209 g/mol. The fourth-order valence-corrected chi connectivity index (χ4v) is 1.57. The predicted molar refractivity (Wildman–Crippen MR) is 69.8 cm³/mol. The largest absolute Gasteiger partial charge is 0.378 e. The molecule has 0 radical (unpaired) electrons. The second-order valence-corrected chi connectivity index (χ2v) is 4.83. The van der Waals surface area contributed by atoms with Crippen LogP contribution in [0.3, 0.4) is 0 Å². The number of nitrogens with zero attached hydrogens (tertiary/aromatic N) is 1. The van der Waals surface area contributed by atoms with Crippen molar-refractivity contribution in [2.24, 2.45) is 17.8 Å². The van der Waals surface area contributed by atoms with Crippen LogP contribution in [0.2, 0.25) is 0 Å². The van der Waals surface area contributed by atoms with Gasteiger partial charge in [-0.3, -0.25) is 0 Å². The van der Waals surface area contributed by atoms with Gasteiger partial charge in [0.2, 0.25) is 0 Å². The maximum absolute atomic E-state index is 4.23. The van der Waals surface area contributed by atoms with Crippen molar-refractivity contribution in [1.82, 2.24) is 4.90 Å². The van der Waals surface area contributed by atoms with E-state index in [2.05, 4.69) is 59.7 Å². The van der Waals surface area contributed by atoms with Gasteiger partial charge in [0.1, 0.15) is 0 Å². The Morgan fingerprint density at radius 2 is 1.60 bits per heavy atom. The zero-order valence-corrected chi connectivity index (χ0v) is 11.3. The Morgan fingerprint density at radius 1 is 1.13 bits per heavy atom. The molecule has 0 aliphatic rings. The van der Waals surface area contributed by atoms with Crippen molar-refractivity contribution in [3.63, 3.8) is 0 Å². The molecule has 0 aromatic heterocycles. The van der Waals surface area contributed by atoms with E-state index in [4.69, 9.17) is 0 Å². The summed E-state index contributed by atoms with van der Waals surface area (Å²) in [6, 6.07) is 0. The smallest absolute Gasteiger partial charge is 0.0164 e. The minimum atomic E-state index is 0.382. The van der Waals surface area contributed by atoms with Crippen molar-refractivity contribution in [3.05, 3.63) is 24.4 Å². The van der Waals surface area contributed by atoms with Crippen molar-refractivity contribution in [1.29, 1.82) is 0 Å². The van der Waals surface area contributed by atoms with E-state index >= 15 is 0 Å². The number of allylic oxidation sites excluding steroid dienone is 1. The molecule has 0 N–H and O–H groups in total. The third kappa shape index (κ3) is 3.73. The first-order valence-electron chi connectivity index (χ1n) is 5.91. The first-order chi connectivity index (χ1) is 6.82. The second-order valence-electron chi connectivity index (χ2n) is 4.83. The molecular weight excluding hydrogens is 182 g/mol.